The van der Waals surface area contributed by atoms with Crippen molar-refractivity contribution in [3.63, 3.8) is 0 Å². The summed E-state index contributed by atoms with van der Waals surface area (Å²) in [7, 11) is 1.31. The quantitative estimate of drug-likeness (QED) is 0.187. The molecule has 0 aliphatic carbocycles. The largest absolute Gasteiger partial charge is 0.490 e. The van der Waals surface area contributed by atoms with E-state index in [4.69, 9.17) is 14.2 Å². The summed E-state index contributed by atoms with van der Waals surface area (Å²) in [6, 6.07) is 9.02. The molecule has 0 N–H and O–H groups in total. The third-order valence-electron chi connectivity index (χ3n) is 4.83. The fraction of sp³-hybridized carbons (Fsp3) is 0.333. The van der Waals surface area contributed by atoms with Crippen LogP contribution in [0.1, 0.15) is 38.6 Å². The van der Waals surface area contributed by atoms with Crippen molar-refractivity contribution in [3.05, 3.63) is 60.1 Å². The summed E-state index contributed by atoms with van der Waals surface area (Å²) in [6.45, 7) is 5.90. The van der Waals surface area contributed by atoms with Crippen molar-refractivity contribution < 1.29 is 19.0 Å². The molecule has 0 aliphatic heterocycles. The van der Waals surface area contributed by atoms with Gasteiger partial charge in [0, 0.05) is 10.9 Å². The average Bonchev–Trinajstić information content (AvgIpc) is 2.81. The number of carbonyl (C=O) groups is 1. The zero-order valence-electron chi connectivity index (χ0n) is 19.3. The molecule has 0 amide bonds. The number of nitrogens with zero attached hydrogens (tertiary/aromatic N) is 3. The number of aryl methyl sites for hydroxylation is 1. The van der Waals surface area contributed by atoms with Crippen LogP contribution in [-0.4, -0.2) is 41.7 Å². The first-order valence-electron chi connectivity index (χ1n) is 10.7. The predicted octanol–water partition coefficient (Wildman–Crippen LogP) is 4.94. The predicted molar refractivity (Wildman–Crippen MR) is 143 cm³/mol. The van der Waals surface area contributed by atoms with Gasteiger partial charge in [-0.15, -0.1) is 0 Å². The molecule has 34 heavy (non-hydrogen) atoms. The molecule has 3 rings (SSSR count). The van der Waals surface area contributed by atoms with Gasteiger partial charge < -0.3 is 14.2 Å². The third kappa shape index (κ3) is 5.96. The highest BCUT2D eigenvalue weighted by Crippen LogP contribution is 2.35. The summed E-state index contributed by atoms with van der Waals surface area (Å²) in [4.78, 5) is 29.7. The summed E-state index contributed by atoms with van der Waals surface area (Å²) in [5.41, 5.74) is 1.10. The molecule has 0 spiro atoms. The third-order valence-corrected chi connectivity index (χ3v) is 6.13. The molecule has 8 nitrogen and oxygen atoms in total. The lowest BCUT2D eigenvalue weighted by Crippen LogP contribution is -2.25. The lowest BCUT2D eigenvalue weighted by Gasteiger charge is -2.18. The molecule has 0 unspecified atom stereocenters. The van der Waals surface area contributed by atoms with E-state index >= 15 is 0 Å². The number of rotatable bonds is 9. The Morgan fingerprint density at radius 1 is 1.29 bits per heavy atom. The number of esters is 1. The summed E-state index contributed by atoms with van der Waals surface area (Å²) in [5, 5.41) is 4.96. The van der Waals surface area contributed by atoms with Crippen LogP contribution < -0.4 is 15.0 Å². The molecule has 0 saturated heterocycles. The molecule has 2 aromatic carbocycles. The topological polar surface area (TPSA) is 92.0 Å². The number of halogens is 2. The fourth-order valence-corrected chi connectivity index (χ4v) is 4.37. The first kappa shape index (κ1) is 26.1. The maximum Gasteiger partial charge on any atom is 0.346 e. The Hall–Kier alpha value is -2.47. The first-order chi connectivity index (χ1) is 16.3. The number of hydrogen-bond donors (Lipinski definition) is 0. The summed E-state index contributed by atoms with van der Waals surface area (Å²) in [5.74, 6) is 1.01. The maximum atomic E-state index is 13.2. The summed E-state index contributed by atoms with van der Waals surface area (Å²) >= 11 is 5.53. The van der Waals surface area contributed by atoms with E-state index in [1.54, 1.807) is 25.3 Å². The fourth-order valence-electron chi connectivity index (χ4n) is 3.25. The van der Waals surface area contributed by atoms with Gasteiger partial charge in [0.25, 0.3) is 5.56 Å². The molecule has 0 aliphatic rings. The Labute approximate surface area is 219 Å². The van der Waals surface area contributed by atoms with Gasteiger partial charge in [0.05, 0.1) is 34.4 Å². The Morgan fingerprint density at radius 2 is 2.06 bits per heavy atom. The molecule has 0 radical (unpaired) electrons. The highest BCUT2D eigenvalue weighted by atomic mass is 127. The van der Waals surface area contributed by atoms with Crippen molar-refractivity contribution in [1.82, 2.24) is 9.66 Å². The van der Waals surface area contributed by atoms with Crippen molar-refractivity contribution in [2.45, 2.75) is 39.7 Å². The zero-order valence-corrected chi connectivity index (χ0v) is 23.0. The van der Waals surface area contributed by atoms with Crippen LogP contribution in [0, 0.1) is 3.57 Å². The van der Waals surface area contributed by atoms with E-state index in [2.05, 4.69) is 48.6 Å². The van der Waals surface area contributed by atoms with Gasteiger partial charge in [0.2, 0.25) is 0 Å². The zero-order chi connectivity index (χ0) is 24.8. The van der Waals surface area contributed by atoms with Crippen molar-refractivity contribution in [2.24, 2.45) is 5.10 Å². The van der Waals surface area contributed by atoms with Gasteiger partial charge in [0.1, 0.15) is 5.82 Å². The van der Waals surface area contributed by atoms with Crippen molar-refractivity contribution >= 4 is 61.6 Å². The first-order valence-corrected chi connectivity index (χ1v) is 12.6. The van der Waals surface area contributed by atoms with Crippen LogP contribution >= 0.6 is 38.5 Å². The Balaban J connectivity index is 2.05. The number of hydrogen-bond acceptors (Lipinski definition) is 7. The highest BCUT2D eigenvalue weighted by molar-refractivity contribution is 14.1. The second-order valence-electron chi connectivity index (χ2n) is 7.35. The van der Waals surface area contributed by atoms with Crippen molar-refractivity contribution in [2.75, 3.05) is 13.7 Å². The van der Waals surface area contributed by atoms with Crippen LogP contribution in [-0.2, 0) is 16.0 Å². The highest BCUT2D eigenvalue weighted by Gasteiger charge is 2.20. The molecule has 0 saturated carbocycles. The monoisotopic (exact) mass is 641 g/mol. The van der Waals surface area contributed by atoms with Crippen LogP contribution in [0.15, 0.2) is 44.7 Å². The number of fused-ring (bicyclic) bond motifs is 1. The molecule has 1 aromatic heterocycles. The molecular formula is C24H25BrIN3O5. The molecular weight excluding hydrogens is 617 g/mol. The van der Waals surface area contributed by atoms with Gasteiger partial charge in [-0.1, -0.05) is 22.9 Å². The summed E-state index contributed by atoms with van der Waals surface area (Å²) in [6.07, 6.45) is 2.22. The summed E-state index contributed by atoms with van der Waals surface area (Å²) < 4.78 is 19.2. The standard InChI is InChI=1S/C24H25BrIN3O5/c1-5-7-21-28-19-9-8-16(25)12-17(19)23(30)29(21)27-13-15-10-18(26)22(20(11-15)33-6-2)34-14(3)24(31)32-4/h8-14H,5-7H2,1-4H3/t14-/m0/s1. The van der Waals surface area contributed by atoms with E-state index in [9.17, 15) is 9.59 Å². The van der Waals surface area contributed by atoms with Crippen LogP contribution in [0.4, 0.5) is 0 Å². The van der Waals surface area contributed by atoms with Gasteiger partial charge in [0.15, 0.2) is 17.6 Å². The maximum absolute atomic E-state index is 13.2. The van der Waals surface area contributed by atoms with Gasteiger partial charge in [-0.25, -0.2) is 9.78 Å². The molecule has 3 aromatic rings. The molecule has 1 heterocycles. The number of methoxy groups -OCH3 is 1. The van der Waals surface area contributed by atoms with Crippen LogP contribution in [0.25, 0.3) is 10.9 Å². The van der Waals surface area contributed by atoms with E-state index in [0.29, 0.717) is 46.8 Å². The van der Waals surface area contributed by atoms with Crippen molar-refractivity contribution in [1.29, 1.82) is 0 Å². The number of ether oxygens (including phenoxy) is 3. The van der Waals surface area contributed by atoms with Gasteiger partial charge in [-0.3, -0.25) is 4.79 Å². The minimum absolute atomic E-state index is 0.238. The van der Waals surface area contributed by atoms with Crippen molar-refractivity contribution in [3.8, 4) is 11.5 Å². The van der Waals surface area contributed by atoms with E-state index in [1.165, 1.54) is 11.8 Å². The number of carbonyl (C=O) groups excluding carboxylic acids is 1. The van der Waals surface area contributed by atoms with Crippen LogP contribution in [0.3, 0.4) is 0 Å². The Kier molecular flexibility index (Phi) is 9.06. The normalized spacial score (nSPS) is 12.2. The van der Waals surface area contributed by atoms with Crippen LogP contribution in [0.2, 0.25) is 0 Å². The molecule has 0 fully saturated rings. The minimum Gasteiger partial charge on any atom is -0.490 e. The SMILES string of the molecule is CCCc1nc2ccc(Br)cc2c(=O)n1N=Cc1cc(I)c(O[C@@H](C)C(=O)OC)c(OCC)c1. The molecule has 180 valence electrons. The van der Waals surface area contributed by atoms with E-state index in [-0.39, 0.29) is 5.56 Å². The smallest absolute Gasteiger partial charge is 0.346 e. The van der Waals surface area contributed by atoms with E-state index in [0.717, 1.165) is 14.5 Å². The van der Waals surface area contributed by atoms with Crippen LogP contribution in [0.5, 0.6) is 11.5 Å². The number of benzene rings is 2. The average molecular weight is 642 g/mol. The minimum atomic E-state index is -0.796. The second-order valence-corrected chi connectivity index (χ2v) is 9.43. The van der Waals surface area contributed by atoms with E-state index < -0.39 is 12.1 Å². The molecule has 10 heteroatoms. The van der Waals surface area contributed by atoms with E-state index in [1.807, 2.05) is 32.0 Å². The lowest BCUT2D eigenvalue weighted by atomic mass is 10.2. The van der Waals surface area contributed by atoms with Gasteiger partial charge in [-0.05, 0) is 78.8 Å². The lowest BCUT2D eigenvalue weighted by molar-refractivity contribution is -0.148. The second kappa shape index (κ2) is 11.8. The van der Waals surface area contributed by atoms with Gasteiger partial charge in [-0.2, -0.15) is 9.78 Å². The Bertz CT molecular complexity index is 1290. The Morgan fingerprint density at radius 3 is 2.74 bits per heavy atom. The van der Waals surface area contributed by atoms with Gasteiger partial charge >= 0.3 is 5.97 Å². The molecule has 0 bridgehead atoms. The number of aromatic nitrogens is 2. The molecule has 1 atom stereocenters.